The van der Waals surface area contributed by atoms with Crippen molar-refractivity contribution in [2.24, 2.45) is 0 Å². The first-order valence-corrected chi connectivity index (χ1v) is 9.96. The molecule has 154 valence electrons. The van der Waals surface area contributed by atoms with Gasteiger partial charge in [-0.15, -0.1) is 0 Å². The third-order valence-corrected chi connectivity index (χ3v) is 5.35. The van der Waals surface area contributed by atoms with E-state index in [9.17, 15) is 4.79 Å². The van der Waals surface area contributed by atoms with Crippen molar-refractivity contribution in [2.45, 2.75) is 38.6 Å². The maximum atomic E-state index is 12.8. The molecule has 0 aliphatic carbocycles. The standard InChI is InChI=1S/C21H31N3O4/c1-5-6-7-9-24-10-8-15(13-24)22-21(25)16-11-14-12-17(26-2)19(27-3)20(28-4)18(14)23-16/h11-12,15,23H,5-10,13H2,1-4H3,(H,22,25). The molecule has 1 atom stereocenters. The molecule has 1 unspecified atom stereocenters. The summed E-state index contributed by atoms with van der Waals surface area (Å²) in [6.07, 6.45) is 4.70. The fourth-order valence-electron chi connectivity index (χ4n) is 3.87. The number of amides is 1. The van der Waals surface area contributed by atoms with Gasteiger partial charge in [-0.2, -0.15) is 0 Å². The number of hydrogen-bond donors (Lipinski definition) is 2. The van der Waals surface area contributed by atoms with Crippen LogP contribution in [0.5, 0.6) is 17.2 Å². The molecule has 2 N–H and O–H groups in total. The van der Waals surface area contributed by atoms with Crippen LogP contribution in [0.2, 0.25) is 0 Å². The Balaban J connectivity index is 1.72. The van der Waals surface area contributed by atoms with Crippen LogP contribution in [0.15, 0.2) is 12.1 Å². The number of nitrogens with zero attached hydrogens (tertiary/aromatic N) is 1. The molecule has 1 aliphatic heterocycles. The van der Waals surface area contributed by atoms with Gasteiger partial charge in [-0.1, -0.05) is 19.8 Å². The monoisotopic (exact) mass is 389 g/mol. The maximum Gasteiger partial charge on any atom is 0.267 e. The number of likely N-dealkylation sites (tertiary alicyclic amines) is 1. The Kier molecular flexibility index (Phi) is 6.67. The van der Waals surface area contributed by atoms with Crippen LogP contribution in [0.1, 0.15) is 43.1 Å². The maximum absolute atomic E-state index is 12.8. The third-order valence-electron chi connectivity index (χ3n) is 5.35. The number of rotatable bonds is 9. The Bertz CT molecular complexity index is 818. The molecule has 2 aromatic rings. The van der Waals surface area contributed by atoms with Crippen LogP contribution < -0.4 is 19.5 Å². The van der Waals surface area contributed by atoms with Gasteiger partial charge < -0.3 is 29.4 Å². The summed E-state index contributed by atoms with van der Waals surface area (Å²) in [5.74, 6) is 1.50. The summed E-state index contributed by atoms with van der Waals surface area (Å²) in [7, 11) is 4.72. The van der Waals surface area contributed by atoms with Crippen LogP contribution in [0.25, 0.3) is 10.9 Å². The fraction of sp³-hybridized carbons (Fsp3) is 0.571. The summed E-state index contributed by atoms with van der Waals surface area (Å²) in [5, 5.41) is 4.00. The molecule has 0 bridgehead atoms. The lowest BCUT2D eigenvalue weighted by atomic mass is 10.2. The van der Waals surface area contributed by atoms with Crippen molar-refractivity contribution in [3.05, 3.63) is 17.8 Å². The lowest BCUT2D eigenvalue weighted by Crippen LogP contribution is -2.37. The predicted molar refractivity (Wildman–Crippen MR) is 110 cm³/mol. The quantitative estimate of drug-likeness (QED) is 0.644. The molecule has 1 fully saturated rings. The highest BCUT2D eigenvalue weighted by Crippen LogP contribution is 2.43. The summed E-state index contributed by atoms with van der Waals surface area (Å²) in [4.78, 5) is 18.4. The fourth-order valence-corrected chi connectivity index (χ4v) is 3.87. The van der Waals surface area contributed by atoms with Crippen LogP contribution in [0, 0.1) is 0 Å². The summed E-state index contributed by atoms with van der Waals surface area (Å²) in [5.41, 5.74) is 1.23. The van der Waals surface area contributed by atoms with Gasteiger partial charge in [0.05, 0.1) is 26.8 Å². The second-order valence-corrected chi connectivity index (χ2v) is 7.26. The van der Waals surface area contributed by atoms with E-state index in [0.29, 0.717) is 22.9 Å². The number of nitrogens with one attached hydrogen (secondary N) is 2. The number of hydrogen-bond acceptors (Lipinski definition) is 5. The van der Waals surface area contributed by atoms with E-state index in [4.69, 9.17) is 14.2 Å². The zero-order valence-electron chi connectivity index (χ0n) is 17.3. The normalized spacial score (nSPS) is 17.1. The first-order valence-electron chi connectivity index (χ1n) is 9.96. The van der Waals surface area contributed by atoms with E-state index in [1.807, 2.05) is 12.1 Å². The van der Waals surface area contributed by atoms with Crippen molar-refractivity contribution >= 4 is 16.8 Å². The van der Waals surface area contributed by atoms with Crippen LogP contribution >= 0.6 is 0 Å². The molecule has 2 heterocycles. The number of carbonyl (C=O) groups excluding carboxylic acids is 1. The van der Waals surface area contributed by atoms with Gasteiger partial charge in [-0.05, 0) is 31.5 Å². The highest BCUT2D eigenvalue weighted by molar-refractivity contribution is 6.01. The molecule has 28 heavy (non-hydrogen) atoms. The molecule has 7 nitrogen and oxygen atoms in total. The summed E-state index contributed by atoms with van der Waals surface area (Å²) < 4.78 is 16.3. The van der Waals surface area contributed by atoms with Crippen molar-refractivity contribution < 1.29 is 19.0 Å². The molecule has 1 aliphatic rings. The van der Waals surface area contributed by atoms with Crippen molar-refractivity contribution in [1.82, 2.24) is 15.2 Å². The Hall–Kier alpha value is -2.41. The molecule has 0 saturated carbocycles. The second-order valence-electron chi connectivity index (χ2n) is 7.26. The van der Waals surface area contributed by atoms with Gasteiger partial charge in [0, 0.05) is 24.5 Å². The molecule has 3 rings (SSSR count). The van der Waals surface area contributed by atoms with E-state index in [0.717, 1.165) is 37.0 Å². The van der Waals surface area contributed by atoms with E-state index in [1.54, 1.807) is 21.3 Å². The number of aromatic amines is 1. The summed E-state index contributed by atoms with van der Waals surface area (Å²) in [6.45, 7) is 5.29. The minimum Gasteiger partial charge on any atom is -0.493 e. The summed E-state index contributed by atoms with van der Waals surface area (Å²) >= 11 is 0. The smallest absolute Gasteiger partial charge is 0.267 e. The Morgan fingerprint density at radius 2 is 1.96 bits per heavy atom. The zero-order valence-corrected chi connectivity index (χ0v) is 17.3. The molecule has 1 aromatic carbocycles. The number of carbonyl (C=O) groups is 1. The number of H-pyrrole nitrogens is 1. The van der Waals surface area contributed by atoms with E-state index in [2.05, 4.69) is 22.1 Å². The van der Waals surface area contributed by atoms with Gasteiger partial charge in [0.15, 0.2) is 11.5 Å². The highest BCUT2D eigenvalue weighted by Gasteiger charge is 2.25. The van der Waals surface area contributed by atoms with Crippen LogP contribution in [0.3, 0.4) is 0 Å². The van der Waals surface area contributed by atoms with Gasteiger partial charge in [-0.3, -0.25) is 4.79 Å². The number of ether oxygens (including phenoxy) is 3. The number of aromatic nitrogens is 1. The van der Waals surface area contributed by atoms with Crippen molar-refractivity contribution in [3.63, 3.8) is 0 Å². The van der Waals surface area contributed by atoms with Crippen molar-refractivity contribution in [2.75, 3.05) is 41.0 Å². The van der Waals surface area contributed by atoms with Crippen LogP contribution in [-0.4, -0.2) is 62.8 Å². The van der Waals surface area contributed by atoms with E-state index in [1.165, 1.54) is 19.3 Å². The number of fused-ring (bicyclic) bond motifs is 1. The highest BCUT2D eigenvalue weighted by atomic mass is 16.5. The van der Waals surface area contributed by atoms with E-state index >= 15 is 0 Å². The van der Waals surface area contributed by atoms with Gasteiger partial charge in [0.25, 0.3) is 5.91 Å². The van der Waals surface area contributed by atoms with Crippen molar-refractivity contribution in [3.8, 4) is 17.2 Å². The molecular weight excluding hydrogens is 358 g/mol. The van der Waals surface area contributed by atoms with Gasteiger partial charge in [0.1, 0.15) is 5.69 Å². The molecule has 0 spiro atoms. The Labute approximate surface area is 166 Å². The first kappa shape index (κ1) is 20.3. The number of unbranched alkanes of at least 4 members (excludes halogenated alkanes) is 2. The lowest BCUT2D eigenvalue weighted by molar-refractivity contribution is 0.0933. The Morgan fingerprint density at radius 3 is 2.64 bits per heavy atom. The van der Waals surface area contributed by atoms with E-state index < -0.39 is 0 Å². The van der Waals surface area contributed by atoms with E-state index in [-0.39, 0.29) is 11.9 Å². The average Bonchev–Trinajstić information content (AvgIpc) is 3.33. The summed E-state index contributed by atoms with van der Waals surface area (Å²) in [6, 6.07) is 3.85. The van der Waals surface area contributed by atoms with Gasteiger partial charge in [-0.25, -0.2) is 0 Å². The molecule has 1 amide bonds. The number of methoxy groups -OCH3 is 3. The second kappa shape index (κ2) is 9.19. The molecular formula is C21H31N3O4. The van der Waals surface area contributed by atoms with Gasteiger partial charge >= 0.3 is 0 Å². The predicted octanol–water partition coefficient (Wildman–Crippen LogP) is 3.19. The van der Waals surface area contributed by atoms with Gasteiger partial charge in [0.2, 0.25) is 5.75 Å². The molecule has 0 radical (unpaired) electrons. The minimum atomic E-state index is -0.100. The SMILES string of the molecule is CCCCCN1CCC(NC(=O)c2cc3cc(OC)c(OC)c(OC)c3[nH]2)C1. The first-order chi connectivity index (χ1) is 13.6. The molecule has 1 saturated heterocycles. The molecule has 1 aromatic heterocycles. The van der Waals surface area contributed by atoms with Crippen molar-refractivity contribution in [1.29, 1.82) is 0 Å². The molecule has 7 heteroatoms. The van der Waals surface area contributed by atoms with Crippen LogP contribution in [-0.2, 0) is 0 Å². The Morgan fingerprint density at radius 1 is 1.18 bits per heavy atom. The largest absolute Gasteiger partial charge is 0.493 e. The lowest BCUT2D eigenvalue weighted by Gasteiger charge is -2.16. The average molecular weight is 389 g/mol. The zero-order chi connectivity index (χ0) is 20.1. The third kappa shape index (κ3) is 4.19. The van der Waals surface area contributed by atoms with Crippen LogP contribution in [0.4, 0.5) is 0 Å². The topological polar surface area (TPSA) is 75.8 Å². The minimum absolute atomic E-state index is 0.100. The number of benzene rings is 1.